The molecule has 3 rings (SSSR count). The molecular formula is C22H15N2O4-. The minimum atomic E-state index is -1.25. The Hall–Kier alpha value is -4.11. The lowest BCUT2D eigenvalue weighted by atomic mass is 10.1. The van der Waals surface area contributed by atoms with Crippen molar-refractivity contribution in [1.29, 1.82) is 5.26 Å². The highest BCUT2D eigenvalue weighted by atomic mass is 16.4. The number of hydrogen-bond donors (Lipinski definition) is 1. The monoisotopic (exact) mass is 371 g/mol. The molecule has 28 heavy (non-hydrogen) atoms. The molecule has 1 N–H and O–H groups in total. The van der Waals surface area contributed by atoms with E-state index in [0.29, 0.717) is 23.6 Å². The highest BCUT2D eigenvalue weighted by Gasteiger charge is 2.11. The van der Waals surface area contributed by atoms with Crippen molar-refractivity contribution >= 4 is 18.0 Å². The summed E-state index contributed by atoms with van der Waals surface area (Å²) in [6, 6.07) is 20.6. The van der Waals surface area contributed by atoms with Crippen molar-refractivity contribution in [2.45, 2.75) is 6.54 Å². The van der Waals surface area contributed by atoms with Gasteiger partial charge in [0.05, 0.1) is 5.97 Å². The lowest BCUT2D eigenvalue weighted by molar-refractivity contribution is -0.255. The van der Waals surface area contributed by atoms with Crippen molar-refractivity contribution in [3.8, 4) is 17.4 Å². The van der Waals surface area contributed by atoms with E-state index in [4.69, 9.17) is 4.42 Å². The number of carbonyl (C=O) groups excluding carboxylic acids is 2. The van der Waals surface area contributed by atoms with Crippen molar-refractivity contribution in [1.82, 2.24) is 5.32 Å². The molecule has 0 aliphatic heterocycles. The Morgan fingerprint density at radius 1 is 1.04 bits per heavy atom. The summed E-state index contributed by atoms with van der Waals surface area (Å²) in [4.78, 5) is 23.0. The fraction of sp³-hybridized carbons (Fsp3) is 0.0455. The molecule has 1 heterocycles. The molecule has 0 aliphatic rings. The van der Waals surface area contributed by atoms with Gasteiger partial charge in [0.15, 0.2) is 0 Å². The van der Waals surface area contributed by atoms with Gasteiger partial charge in [-0.2, -0.15) is 5.26 Å². The van der Waals surface area contributed by atoms with E-state index in [1.165, 1.54) is 18.2 Å². The van der Waals surface area contributed by atoms with Crippen LogP contribution >= 0.6 is 0 Å². The second-order valence-corrected chi connectivity index (χ2v) is 5.90. The molecule has 3 aromatic rings. The minimum absolute atomic E-state index is 0.0669. The van der Waals surface area contributed by atoms with Crippen LogP contribution < -0.4 is 10.4 Å². The zero-order chi connectivity index (χ0) is 19.9. The van der Waals surface area contributed by atoms with Gasteiger partial charge in [-0.1, -0.05) is 54.6 Å². The number of nitriles is 1. The summed E-state index contributed by atoms with van der Waals surface area (Å²) < 4.78 is 5.64. The third kappa shape index (κ3) is 4.54. The lowest BCUT2D eigenvalue weighted by Gasteiger charge is -2.04. The number of rotatable bonds is 6. The molecule has 138 valence electrons. The van der Waals surface area contributed by atoms with E-state index in [9.17, 15) is 20.0 Å². The molecule has 1 amide bonds. The molecule has 0 unspecified atom stereocenters. The second-order valence-electron chi connectivity index (χ2n) is 5.90. The SMILES string of the molecule is N#C/C(=C/c1ccc(-c2ccc(C(=O)[O-])cc2)o1)C(=O)NCc1ccccc1. The van der Waals surface area contributed by atoms with Gasteiger partial charge in [0.1, 0.15) is 23.2 Å². The van der Waals surface area contributed by atoms with Crippen molar-refractivity contribution in [3.63, 3.8) is 0 Å². The molecule has 0 aliphatic carbocycles. The van der Waals surface area contributed by atoms with Crippen LogP contribution in [0.1, 0.15) is 21.7 Å². The van der Waals surface area contributed by atoms with Crippen LogP contribution in [0.2, 0.25) is 0 Å². The molecule has 0 radical (unpaired) electrons. The number of nitrogens with zero attached hydrogens (tertiary/aromatic N) is 1. The summed E-state index contributed by atoms with van der Waals surface area (Å²) in [6.07, 6.45) is 1.36. The third-order valence-electron chi connectivity index (χ3n) is 3.98. The number of hydrogen-bond acceptors (Lipinski definition) is 5. The fourth-order valence-corrected chi connectivity index (χ4v) is 2.52. The van der Waals surface area contributed by atoms with E-state index in [2.05, 4.69) is 5.32 Å². The van der Waals surface area contributed by atoms with Crippen LogP contribution in [0, 0.1) is 11.3 Å². The molecule has 0 saturated carbocycles. The Kier molecular flexibility index (Phi) is 5.68. The van der Waals surface area contributed by atoms with Crippen LogP contribution in [0.5, 0.6) is 0 Å². The highest BCUT2D eigenvalue weighted by molar-refractivity contribution is 6.01. The van der Waals surface area contributed by atoms with Crippen molar-refractivity contribution in [2.24, 2.45) is 0 Å². The van der Waals surface area contributed by atoms with E-state index in [0.717, 1.165) is 5.56 Å². The molecule has 0 saturated heterocycles. The number of carboxylic acids is 1. The molecular weight excluding hydrogens is 356 g/mol. The van der Waals surface area contributed by atoms with Gasteiger partial charge in [-0.25, -0.2) is 0 Å². The van der Waals surface area contributed by atoms with Crippen LogP contribution in [0.15, 0.2) is 76.7 Å². The maximum absolute atomic E-state index is 12.2. The van der Waals surface area contributed by atoms with Crippen molar-refractivity contribution in [3.05, 3.63) is 89.2 Å². The Morgan fingerprint density at radius 3 is 2.39 bits per heavy atom. The molecule has 2 aromatic carbocycles. The molecule has 0 atom stereocenters. The van der Waals surface area contributed by atoms with E-state index >= 15 is 0 Å². The Labute approximate surface area is 161 Å². The quantitative estimate of drug-likeness (QED) is 0.529. The molecule has 6 nitrogen and oxygen atoms in total. The van der Waals surface area contributed by atoms with E-state index < -0.39 is 11.9 Å². The van der Waals surface area contributed by atoms with Crippen molar-refractivity contribution < 1.29 is 19.1 Å². The number of benzene rings is 2. The van der Waals surface area contributed by atoms with E-state index in [1.807, 2.05) is 36.4 Å². The molecule has 0 spiro atoms. The van der Waals surface area contributed by atoms with Gasteiger partial charge in [0, 0.05) is 18.2 Å². The molecule has 0 bridgehead atoms. The largest absolute Gasteiger partial charge is 0.545 e. The van der Waals surface area contributed by atoms with Gasteiger partial charge < -0.3 is 19.6 Å². The summed E-state index contributed by atoms with van der Waals surface area (Å²) >= 11 is 0. The van der Waals surface area contributed by atoms with Crippen LogP contribution in [0.3, 0.4) is 0 Å². The normalized spacial score (nSPS) is 10.9. The molecule has 6 heteroatoms. The predicted molar refractivity (Wildman–Crippen MR) is 100 cm³/mol. The minimum Gasteiger partial charge on any atom is -0.545 e. The zero-order valence-corrected chi connectivity index (χ0v) is 14.7. The van der Waals surface area contributed by atoms with Crippen LogP contribution in [-0.2, 0) is 11.3 Å². The van der Waals surface area contributed by atoms with Gasteiger partial charge in [0.2, 0.25) is 0 Å². The first-order valence-electron chi connectivity index (χ1n) is 8.42. The van der Waals surface area contributed by atoms with E-state index in [-0.39, 0.29) is 11.1 Å². The Morgan fingerprint density at radius 2 is 1.75 bits per heavy atom. The summed E-state index contributed by atoms with van der Waals surface area (Å²) in [5.74, 6) is -0.930. The molecule has 0 fully saturated rings. The standard InChI is InChI=1S/C22H16N2O4/c23-13-18(21(25)24-14-15-4-2-1-3-5-15)12-19-10-11-20(28-19)16-6-8-17(9-7-16)22(26)27/h1-12H,14H2,(H,24,25)(H,26,27)/p-1/b18-12-. The number of aromatic carboxylic acids is 1. The average Bonchev–Trinajstić information content (AvgIpc) is 3.19. The van der Waals surface area contributed by atoms with Gasteiger partial charge in [-0.15, -0.1) is 0 Å². The lowest BCUT2D eigenvalue weighted by Crippen LogP contribution is -2.23. The second kappa shape index (κ2) is 8.52. The number of carboxylic acid groups (broad SMARTS) is 1. The first-order chi connectivity index (χ1) is 13.6. The van der Waals surface area contributed by atoms with Crippen LogP contribution in [0.4, 0.5) is 0 Å². The first kappa shape index (κ1) is 18.7. The molecule has 1 aromatic heterocycles. The Balaban J connectivity index is 1.72. The van der Waals surface area contributed by atoms with Gasteiger partial charge >= 0.3 is 0 Å². The third-order valence-corrected chi connectivity index (χ3v) is 3.98. The van der Waals surface area contributed by atoms with Crippen molar-refractivity contribution in [2.75, 3.05) is 0 Å². The van der Waals surface area contributed by atoms with Gasteiger partial charge in [0.25, 0.3) is 5.91 Å². The van der Waals surface area contributed by atoms with Gasteiger partial charge in [-0.3, -0.25) is 4.79 Å². The summed E-state index contributed by atoms with van der Waals surface area (Å²) in [6.45, 7) is 0.312. The smallest absolute Gasteiger partial charge is 0.262 e. The zero-order valence-electron chi connectivity index (χ0n) is 14.7. The van der Waals surface area contributed by atoms with Crippen LogP contribution in [-0.4, -0.2) is 11.9 Å². The summed E-state index contributed by atoms with van der Waals surface area (Å²) in [5.41, 5.74) is 1.58. The topological polar surface area (TPSA) is 106 Å². The fourth-order valence-electron chi connectivity index (χ4n) is 2.52. The predicted octanol–water partition coefficient (Wildman–Crippen LogP) is 2.53. The highest BCUT2D eigenvalue weighted by Crippen LogP contribution is 2.23. The number of carbonyl (C=O) groups is 2. The number of nitrogens with one attached hydrogen (secondary N) is 1. The Bertz CT molecular complexity index is 1060. The van der Waals surface area contributed by atoms with Gasteiger partial charge in [-0.05, 0) is 23.3 Å². The first-order valence-corrected chi connectivity index (χ1v) is 8.42. The summed E-state index contributed by atoms with van der Waals surface area (Å²) in [7, 11) is 0. The maximum atomic E-state index is 12.2. The average molecular weight is 371 g/mol. The summed E-state index contributed by atoms with van der Waals surface area (Å²) in [5, 5.41) is 22.8. The van der Waals surface area contributed by atoms with E-state index in [1.54, 1.807) is 24.3 Å². The van der Waals surface area contributed by atoms with Crippen LogP contribution in [0.25, 0.3) is 17.4 Å². The maximum Gasteiger partial charge on any atom is 0.262 e. The number of furan rings is 1. The number of amides is 1.